The summed E-state index contributed by atoms with van der Waals surface area (Å²) in [4.78, 5) is 23.8. The molecule has 0 saturated carbocycles. The molecule has 0 bridgehead atoms. The smallest absolute Gasteiger partial charge is 0.314 e. The minimum atomic E-state index is -2.72. The first-order valence-corrected chi connectivity index (χ1v) is 2.24. The number of hydrogen-bond acceptors (Lipinski definition) is 2. The van der Waals surface area contributed by atoms with Crippen LogP contribution in [-0.4, -0.2) is 9.55 Å². The first kappa shape index (κ1) is 3.00. The topological polar surface area (TPSA) is 54.9 Å². The molecule has 1 rings (SSSR count). The van der Waals surface area contributed by atoms with Crippen molar-refractivity contribution in [3.05, 3.63) is 33.1 Å². The standard InChI is InChI=1S/C5H6N2O2/c1-7-4(8)2-3-6-5(7)9/h2-3H,1H3,(H,6,9)/i1D3. The summed E-state index contributed by atoms with van der Waals surface area (Å²) in [6.07, 6.45) is 1.10. The Morgan fingerprint density at radius 1 is 1.78 bits per heavy atom. The van der Waals surface area contributed by atoms with Gasteiger partial charge in [0, 0.05) is 23.4 Å². The molecule has 0 aliphatic carbocycles. The maximum atomic E-state index is 10.9. The van der Waals surface area contributed by atoms with E-state index in [9.17, 15) is 9.59 Å². The Labute approximate surface area is 55.0 Å². The fourth-order valence-electron chi connectivity index (χ4n) is 0.423. The van der Waals surface area contributed by atoms with Gasteiger partial charge in [0.25, 0.3) is 5.56 Å². The van der Waals surface area contributed by atoms with Crippen LogP contribution in [0.1, 0.15) is 4.11 Å². The van der Waals surface area contributed by atoms with Gasteiger partial charge in [0.05, 0.1) is 0 Å². The molecule has 0 aromatic carbocycles. The highest BCUT2D eigenvalue weighted by Gasteiger charge is 1.88. The van der Waals surface area contributed by atoms with Crippen LogP contribution in [0.5, 0.6) is 0 Å². The third kappa shape index (κ3) is 0.910. The van der Waals surface area contributed by atoms with Crippen LogP contribution in [0.3, 0.4) is 0 Å². The molecule has 4 heteroatoms. The quantitative estimate of drug-likeness (QED) is 0.492. The summed E-state index contributed by atoms with van der Waals surface area (Å²) in [6, 6.07) is 0.980. The van der Waals surface area contributed by atoms with Gasteiger partial charge in [-0.3, -0.25) is 9.36 Å². The van der Waals surface area contributed by atoms with E-state index < -0.39 is 18.2 Å². The van der Waals surface area contributed by atoms with Crippen LogP contribution < -0.4 is 11.2 Å². The lowest BCUT2D eigenvalue weighted by molar-refractivity contribution is 0.775. The molecule has 4 nitrogen and oxygen atoms in total. The first-order valence-electron chi connectivity index (χ1n) is 3.74. The van der Waals surface area contributed by atoms with Crippen LogP contribution in [0.15, 0.2) is 21.9 Å². The second kappa shape index (κ2) is 1.89. The van der Waals surface area contributed by atoms with Gasteiger partial charge in [-0.1, -0.05) is 0 Å². The summed E-state index contributed by atoms with van der Waals surface area (Å²) < 4.78 is 20.7. The van der Waals surface area contributed by atoms with Gasteiger partial charge in [-0.2, -0.15) is 0 Å². The molecule has 0 saturated heterocycles. The summed E-state index contributed by atoms with van der Waals surface area (Å²) in [5, 5.41) is 0. The summed E-state index contributed by atoms with van der Waals surface area (Å²) in [5.74, 6) is 0. The Hall–Kier alpha value is -1.32. The van der Waals surface area contributed by atoms with E-state index in [2.05, 4.69) is 4.98 Å². The monoisotopic (exact) mass is 129 g/mol. The summed E-state index contributed by atoms with van der Waals surface area (Å²) in [7, 11) is 0. The van der Waals surface area contributed by atoms with Crippen molar-refractivity contribution >= 4 is 0 Å². The third-order valence-corrected chi connectivity index (χ3v) is 0.856. The lowest BCUT2D eigenvalue weighted by Crippen LogP contribution is -2.30. The Balaban J connectivity index is 3.53. The predicted octanol–water partition coefficient (Wildman–Crippen LogP) is -0.926. The fraction of sp³-hybridized carbons (Fsp3) is 0.200. The van der Waals surface area contributed by atoms with Crippen molar-refractivity contribution in [1.82, 2.24) is 9.55 Å². The van der Waals surface area contributed by atoms with Gasteiger partial charge in [0.15, 0.2) is 0 Å². The zero-order chi connectivity index (χ0) is 9.35. The molecule has 0 amide bonds. The predicted molar refractivity (Wildman–Crippen MR) is 32.3 cm³/mol. The molecule has 1 heterocycles. The van der Waals surface area contributed by atoms with E-state index in [-0.39, 0.29) is 4.57 Å². The average Bonchev–Trinajstić information content (AvgIpc) is 1.82. The van der Waals surface area contributed by atoms with E-state index in [4.69, 9.17) is 4.11 Å². The molecule has 0 fully saturated rings. The number of aromatic amines is 1. The van der Waals surface area contributed by atoms with Crippen LogP contribution >= 0.6 is 0 Å². The minimum absolute atomic E-state index is 0.187. The molecular formula is C5H6N2O2. The number of nitrogens with one attached hydrogen (secondary N) is 1. The number of nitrogens with zero attached hydrogens (tertiary/aromatic N) is 1. The molecule has 1 aromatic heterocycles. The molecule has 9 heavy (non-hydrogen) atoms. The molecule has 1 aromatic rings. The van der Waals surface area contributed by atoms with Crippen molar-refractivity contribution in [1.29, 1.82) is 0 Å². The summed E-state index contributed by atoms with van der Waals surface area (Å²) >= 11 is 0. The van der Waals surface area contributed by atoms with Crippen molar-refractivity contribution in [2.24, 2.45) is 6.98 Å². The van der Waals surface area contributed by atoms with Gasteiger partial charge in [0.1, 0.15) is 0 Å². The van der Waals surface area contributed by atoms with Crippen molar-refractivity contribution in [3.8, 4) is 0 Å². The lowest BCUT2D eigenvalue weighted by Gasteiger charge is -1.88. The normalized spacial score (nSPS) is 15.8. The van der Waals surface area contributed by atoms with E-state index >= 15 is 0 Å². The maximum absolute atomic E-state index is 10.9. The number of hydrogen-bond donors (Lipinski definition) is 1. The highest BCUT2D eigenvalue weighted by Crippen LogP contribution is 1.57. The molecule has 0 spiro atoms. The van der Waals surface area contributed by atoms with Crippen LogP contribution in [0.2, 0.25) is 0 Å². The van der Waals surface area contributed by atoms with Crippen molar-refractivity contribution in [2.75, 3.05) is 0 Å². The number of rotatable bonds is 0. The molecular weight excluding hydrogens is 120 g/mol. The number of H-pyrrole nitrogens is 1. The second-order valence-corrected chi connectivity index (χ2v) is 1.46. The Bertz CT molecular complexity index is 360. The van der Waals surface area contributed by atoms with Gasteiger partial charge in [0.2, 0.25) is 0 Å². The largest absolute Gasteiger partial charge is 0.328 e. The van der Waals surface area contributed by atoms with Crippen LogP contribution in [-0.2, 0) is 6.98 Å². The van der Waals surface area contributed by atoms with Gasteiger partial charge in [-0.15, -0.1) is 0 Å². The van der Waals surface area contributed by atoms with Gasteiger partial charge in [-0.05, 0) is 0 Å². The lowest BCUT2D eigenvalue weighted by atomic mass is 10.6. The van der Waals surface area contributed by atoms with E-state index in [1.165, 1.54) is 0 Å². The maximum Gasteiger partial charge on any atom is 0.328 e. The Morgan fingerprint density at radius 3 is 3.00 bits per heavy atom. The van der Waals surface area contributed by atoms with Crippen LogP contribution in [0.4, 0.5) is 0 Å². The van der Waals surface area contributed by atoms with Gasteiger partial charge in [-0.25, -0.2) is 4.79 Å². The third-order valence-electron chi connectivity index (χ3n) is 0.856. The van der Waals surface area contributed by atoms with E-state index in [0.717, 1.165) is 12.3 Å². The van der Waals surface area contributed by atoms with Crippen LogP contribution in [0, 0.1) is 0 Å². The van der Waals surface area contributed by atoms with Gasteiger partial charge >= 0.3 is 5.69 Å². The van der Waals surface area contributed by atoms with Crippen molar-refractivity contribution < 1.29 is 4.11 Å². The number of aromatic nitrogens is 2. The molecule has 0 unspecified atom stereocenters. The van der Waals surface area contributed by atoms with Crippen molar-refractivity contribution in [3.63, 3.8) is 0 Å². The SMILES string of the molecule is [2H]C([2H])([2H])n1c(=O)cc[nH]c1=O. The van der Waals surface area contributed by atoms with Gasteiger partial charge < -0.3 is 4.98 Å². The molecule has 0 aliphatic heterocycles. The molecule has 48 valence electrons. The molecule has 0 aliphatic rings. The molecule has 1 N–H and O–H groups in total. The minimum Gasteiger partial charge on any atom is -0.314 e. The van der Waals surface area contributed by atoms with E-state index in [1.54, 1.807) is 0 Å². The Kier molecular flexibility index (Phi) is 0.631. The zero-order valence-electron chi connectivity index (χ0n) is 7.42. The second-order valence-electron chi connectivity index (χ2n) is 1.46. The average molecular weight is 129 g/mol. The van der Waals surface area contributed by atoms with E-state index in [0.29, 0.717) is 0 Å². The summed E-state index contributed by atoms with van der Waals surface area (Å²) in [6.45, 7) is -2.72. The highest BCUT2D eigenvalue weighted by molar-refractivity contribution is 4.80. The highest BCUT2D eigenvalue weighted by atomic mass is 16.2. The first-order chi connectivity index (χ1) is 5.43. The fourth-order valence-corrected chi connectivity index (χ4v) is 0.423. The van der Waals surface area contributed by atoms with Crippen molar-refractivity contribution in [2.45, 2.75) is 0 Å². The van der Waals surface area contributed by atoms with E-state index in [1.807, 2.05) is 0 Å². The molecule has 0 radical (unpaired) electrons. The zero-order valence-corrected chi connectivity index (χ0v) is 4.42. The van der Waals surface area contributed by atoms with Crippen LogP contribution in [0.25, 0.3) is 0 Å². The Morgan fingerprint density at radius 2 is 2.56 bits per heavy atom. The molecule has 0 atom stereocenters. The summed E-state index contributed by atoms with van der Waals surface area (Å²) in [5.41, 5.74) is -1.76.